The van der Waals surface area contributed by atoms with Crippen molar-refractivity contribution in [2.75, 3.05) is 11.9 Å². The Balaban J connectivity index is 1.37. The van der Waals surface area contributed by atoms with E-state index in [0.29, 0.717) is 10.9 Å². The van der Waals surface area contributed by atoms with E-state index in [0.717, 1.165) is 22.2 Å². The summed E-state index contributed by atoms with van der Waals surface area (Å²) in [5.74, 6) is 0.431. The highest BCUT2D eigenvalue weighted by Crippen LogP contribution is 2.24. The molecule has 0 radical (unpaired) electrons. The lowest BCUT2D eigenvalue weighted by Gasteiger charge is -2.07. The molecule has 2 heterocycles. The van der Waals surface area contributed by atoms with Crippen LogP contribution in [0.25, 0.3) is 22.2 Å². The fourth-order valence-corrected chi connectivity index (χ4v) is 3.23. The first-order chi connectivity index (χ1) is 12.3. The van der Waals surface area contributed by atoms with E-state index in [1.54, 1.807) is 0 Å². The van der Waals surface area contributed by atoms with Gasteiger partial charge >= 0.3 is 0 Å². The molecule has 2 aromatic carbocycles. The molecule has 1 amide bonds. The van der Waals surface area contributed by atoms with Crippen LogP contribution in [0.1, 0.15) is 0 Å². The number of hydrogen-bond acceptors (Lipinski definition) is 4. The van der Waals surface area contributed by atoms with Gasteiger partial charge in [0, 0.05) is 11.6 Å². The number of benzene rings is 2. The lowest BCUT2D eigenvalue weighted by atomic mass is 10.1. The number of amides is 1. The van der Waals surface area contributed by atoms with Crippen LogP contribution in [0.15, 0.2) is 66.2 Å². The highest BCUT2D eigenvalue weighted by molar-refractivity contribution is 7.14. The summed E-state index contributed by atoms with van der Waals surface area (Å²) in [5.41, 5.74) is 1.73. The molecule has 0 saturated heterocycles. The number of anilines is 1. The summed E-state index contributed by atoms with van der Waals surface area (Å²) in [5, 5.41) is 7.43. The van der Waals surface area contributed by atoms with E-state index in [4.69, 9.17) is 4.74 Å². The number of hydrogen-bond donors (Lipinski definition) is 2. The Bertz CT molecular complexity index is 1010. The SMILES string of the molecule is O=C(COc1ccc2ccccc2c1)Nc1nc(-c2ccc[nH]2)cs1. The number of thiazole rings is 1. The van der Waals surface area contributed by atoms with Crippen LogP contribution in [-0.2, 0) is 4.79 Å². The second-order valence-electron chi connectivity index (χ2n) is 5.47. The molecule has 0 aliphatic rings. The van der Waals surface area contributed by atoms with E-state index in [1.807, 2.05) is 66.2 Å². The number of rotatable bonds is 5. The van der Waals surface area contributed by atoms with Gasteiger partial charge in [-0.25, -0.2) is 4.98 Å². The van der Waals surface area contributed by atoms with Gasteiger partial charge in [-0.3, -0.25) is 10.1 Å². The van der Waals surface area contributed by atoms with E-state index in [9.17, 15) is 4.79 Å². The van der Waals surface area contributed by atoms with Crippen LogP contribution in [-0.4, -0.2) is 22.5 Å². The average Bonchev–Trinajstić information content (AvgIpc) is 3.31. The van der Waals surface area contributed by atoms with Crippen molar-refractivity contribution in [3.8, 4) is 17.1 Å². The average molecular weight is 349 g/mol. The number of H-pyrrole nitrogens is 1. The lowest BCUT2D eigenvalue weighted by molar-refractivity contribution is -0.118. The molecule has 0 aliphatic carbocycles. The van der Waals surface area contributed by atoms with Gasteiger partial charge in [0.15, 0.2) is 11.7 Å². The molecule has 6 heteroatoms. The van der Waals surface area contributed by atoms with Gasteiger partial charge in [0.05, 0.1) is 11.4 Å². The molecule has 0 atom stereocenters. The second-order valence-corrected chi connectivity index (χ2v) is 6.33. The second kappa shape index (κ2) is 6.78. The minimum Gasteiger partial charge on any atom is -0.484 e. The molecule has 4 aromatic rings. The Morgan fingerprint density at radius 3 is 2.84 bits per heavy atom. The van der Waals surface area contributed by atoms with Crippen molar-refractivity contribution < 1.29 is 9.53 Å². The van der Waals surface area contributed by atoms with Crippen LogP contribution in [0.5, 0.6) is 5.75 Å². The normalized spacial score (nSPS) is 10.7. The van der Waals surface area contributed by atoms with Crippen molar-refractivity contribution in [1.82, 2.24) is 9.97 Å². The van der Waals surface area contributed by atoms with Crippen molar-refractivity contribution in [2.45, 2.75) is 0 Å². The predicted octanol–water partition coefficient (Wildman–Crippen LogP) is 4.31. The molecule has 0 fully saturated rings. The van der Waals surface area contributed by atoms with Gasteiger partial charge in [-0.05, 0) is 35.0 Å². The zero-order valence-corrected chi connectivity index (χ0v) is 14.0. The molecule has 2 N–H and O–H groups in total. The fourth-order valence-electron chi connectivity index (χ4n) is 2.51. The molecule has 0 spiro atoms. The first-order valence-electron chi connectivity index (χ1n) is 7.79. The summed E-state index contributed by atoms with van der Waals surface area (Å²) < 4.78 is 5.59. The third-order valence-corrected chi connectivity index (χ3v) is 4.47. The minimum atomic E-state index is -0.236. The number of carbonyl (C=O) groups is 1. The summed E-state index contributed by atoms with van der Waals surface area (Å²) in [6, 6.07) is 17.6. The number of nitrogens with zero attached hydrogens (tertiary/aromatic N) is 1. The molecule has 25 heavy (non-hydrogen) atoms. The van der Waals surface area contributed by atoms with Gasteiger partial charge in [-0.15, -0.1) is 11.3 Å². The van der Waals surface area contributed by atoms with E-state index in [2.05, 4.69) is 15.3 Å². The van der Waals surface area contributed by atoms with Gasteiger partial charge in [0.25, 0.3) is 5.91 Å². The topological polar surface area (TPSA) is 67.0 Å². The van der Waals surface area contributed by atoms with Gasteiger partial charge in [-0.2, -0.15) is 0 Å². The van der Waals surface area contributed by atoms with Crippen LogP contribution in [0.3, 0.4) is 0 Å². The number of nitrogens with one attached hydrogen (secondary N) is 2. The number of fused-ring (bicyclic) bond motifs is 1. The standard InChI is InChI=1S/C19H15N3O2S/c23-18(22-19-21-17(12-25-19)16-6-3-9-20-16)11-24-15-8-7-13-4-1-2-5-14(13)10-15/h1-10,12,20H,11H2,(H,21,22,23). The van der Waals surface area contributed by atoms with E-state index < -0.39 is 0 Å². The predicted molar refractivity (Wildman–Crippen MR) is 100.0 cm³/mol. The van der Waals surface area contributed by atoms with Crippen molar-refractivity contribution in [1.29, 1.82) is 0 Å². The molecule has 0 unspecified atom stereocenters. The summed E-state index contributed by atoms with van der Waals surface area (Å²) in [6.45, 7) is -0.0598. The number of aromatic amines is 1. The Morgan fingerprint density at radius 1 is 1.12 bits per heavy atom. The van der Waals surface area contributed by atoms with E-state index >= 15 is 0 Å². The third kappa shape index (κ3) is 3.54. The van der Waals surface area contributed by atoms with Crippen LogP contribution < -0.4 is 10.1 Å². The Morgan fingerprint density at radius 2 is 2.00 bits per heavy atom. The zero-order valence-electron chi connectivity index (χ0n) is 13.2. The first-order valence-corrected chi connectivity index (χ1v) is 8.67. The van der Waals surface area contributed by atoms with Gasteiger partial charge in [0.1, 0.15) is 5.75 Å². The molecule has 0 saturated carbocycles. The summed E-state index contributed by atoms with van der Waals surface area (Å²) in [7, 11) is 0. The minimum absolute atomic E-state index is 0.0598. The maximum absolute atomic E-state index is 12.1. The number of ether oxygens (including phenoxy) is 1. The highest BCUT2D eigenvalue weighted by atomic mass is 32.1. The Kier molecular flexibility index (Phi) is 4.18. The summed E-state index contributed by atoms with van der Waals surface area (Å²) in [6.07, 6.45) is 1.84. The van der Waals surface area contributed by atoms with Crippen molar-refractivity contribution >= 4 is 33.1 Å². The van der Waals surface area contributed by atoms with Gasteiger partial charge in [0.2, 0.25) is 0 Å². The Hall–Kier alpha value is -3.12. The molecule has 0 aliphatic heterocycles. The first kappa shape index (κ1) is 15.4. The third-order valence-electron chi connectivity index (χ3n) is 3.72. The molecular weight excluding hydrogens is 334 g/mol. The van der Waals surface area contributed by atoms with Crippen LogP contribution >= 0.6 is 11.3 Å². The molecule has 4 rings (SSSR count). The van der Waals surface area contributed by atoms with Gasteiger partial charge in [-0.1, -0.05) is 30.3 Å². The zero-order chi connectivity index (χ0) is 17.1. The molecular formula is C19H15N3O2S. The Labute approximate surface area is 148 Å². The molecule has 124 valence electrons. The van der Waals surface area contributed by atoms with Gasteiger partial charge < -0.3 is 9.72 Å². The monoisotopic (exact) mass is 349 g/mol. The summed E-state index contributed by atoms with van der Waals surface area (Å²) >= 11 is 1.38. The molecule has 2 aromatic heterocycles. The van der Waals surface area contributed by atoms with Crippen molar-refractivity contribution in [2.24, 2.45) is 0 Å². The van der Waals surface area contributed by atoms with Crippen molar-refractivity contribution in [3.05, 3.63) is 66.2 Å². The largest absolute Gasteiger partial charge is 0.484 e. The maximum atomic E-state index is 12.1. The number of carbonyl (C=O) groups excluding carboxylic acids is 1. The lowest BCUT2D eigenvalue weighted by Crippen LogP contribution is -2.20. The summed E-state index contributed by atoms with van der Waals surface area (Å²) in [4.78, 5) is 19.5. The van der Waals surface area contributed by atoms with E-state index in [-0.39, 0.29) is 12.5 Å². The molecule has 5 nitrogen and oxygen atoms in total. The van der Waals surface area contributed by atoms with Crippen molar-refractivity contribution in [3.63, 3.8) is 0 Å². The van der Waals surface area contributed by atoms with Crippen LogP contribution in [0, 0.1) is 0 Å². The van der Waals surface area contributed by atoms with Crippen LogP contribution in [0.2, 0.25) is 0 Å². The molecule has 0 bridgehead atoms. The number of aromatic nitrogens is 2. The maximum Gasteiger partial charge on any atom is 0.264 e. The van der Waals surface area contributed by atoms with E-state index in [1.165, 1.54) is 11.3 Å². The quantitative estimate of drug-likeness (QED) is 0.564. The smallest absolute Gasteiger partial charge is 0.264 e. The fraction of sp³-hybridized carbons (Fsp3) is 0.0526. The highest BCUT2D eigenvalue weighted by Gasteiger charge is 2.09. The van der Waals surface area contributed by atoms with Crippen LogP contribution in [0.4, 0.5) is 5.13 Å².